The fourth-order valence-electron chi connectivity index (χ4n) is 4.36. The molecule has 2 aromatic heterocycles. The van der Waals surface area contributed by atoms with Gasteiger partial charge >= 0.3 is 0 Å². The Balaban J connectivity index is 1.73. The van der Waals surface area contributed by atoms with Gasteiger partial charge in [0.2, 0.25) is 0 Å². The molecule has 2 aliphatic rings. The van der Waals surface area contributed by atoms with Gasteiger partial charge in [0.05, 0.1) is 11.6 Å². The number of hydrogen-bond acceptors (Lipinski definition) is 4. The molecular formula is C22H21N3OS. The maximum Gasteiger partial charge on any atom is 0.162 e. The lowest BCUT2D eigenvalue weighted by Crippen LogP contribution is -2.33. The topological polar surface area (TPSA) is 57.8 Å². The molecule has 0 amide bonds. The van der Waals surface area contributed by atoms with E-state index >= 15 is 0 Å². The monoisotopic (exact) mass is 375 g/mol. The molecule has 27 heavy (non-hydrogen) atoms. The average Bonchev–Trinajstić information content (AvgIpc) is 3.29. The van der Waals surface area contributed by atoms with E-state index in [-0.39, 0.29) is 17.1 Å². The highest BCUT2D eigenvalue weighted by atomic mass is 32.1. The van der Waals surface area contributed by atoms with Gasteiger partial charge in [-0.3, -0.25) is 9.89 Å². The number of carbonyl (C=O) groups excluding carboxylic acids is 1. The summed E-state index contributed by atoms with van der Waals surface area (Å²) in [7, 11) is 0. The lowest BCUT2D eigenvalue weighted by atomic mass is 9.70. The highest BCUT2D eigenvalue weighted by Crippen LogP contribution is 2.51. The standard InChI is InChI=1S/C22H21N3OS/c1-22(2)11-14-17(15(26)12-22)18(16-9-6-10-27-16)19-20(24-25-21(19)23-14)13-7-4-3-5-8-13/h3-10,18H,11-12H2,1-2H3,(H2,23,24,25). The van der Waals surface area contributed by atoms with Crippen molar-refractivity contribution in [3.05, 3.63) is 69.6 Å². The van der Waals surface area contributed by atoms with Gasteiger partial charge in [0.25, 0.3) is 0 Å². The number of benzene rings is 1. The minimum Gasteiger partial charge on any atom is -0.342 e. The lowest BCUT2D eigenvalue weighted by molar-refractivity contribution is -0.118. The Labute approximate surface area is 162 Å². The fourth-order valence-corrected chi connectivity index (χ4v) is 5.20. The number of allylic oxidation sites excluding steroid dienone is 2. The number of Topliss-reactive ketones (excluding diaryl/α,β-unsaturated/α-hetero) is 1. The Hall–Kier alpha value is -2.66. The van der Waals surface area contributed by atoms with Crippen molar-refractivity contribution in [3.8, 4) is 11.3 Å². The zero-order valence-corrected chi connectivity index (χ0v) is 16.2. The molecule has 2 N–H and O–H groups in total. The first-order chi connectivity index (χ1) is 13.0. The Kier molecular flexibility index (Phi) is 3.62. The van der Waals surface area contributed by atoms with Gasteiger partial charge < -0.3 is 5.32 Å². The fraction of sp³-hybridized carbons (Fsp3) is 0.273. The van der Waals surface area contributed by atoms with E-state index in [0.717, 1.165) is 40.3 Å². The van der Waals surface area contributed by atoms with E-state index in [1.165, 1.54) is 4.88 Å². The highest BCUT2D eigenvalue weighted by Gasteiger charge is 2.43. The van der Waals surface area contributed by atoms with Crippen LogP contribution >= 0.6 is 11.3 Å². The molecule has 0 bridgehead atoms. The van der Waals surface area contributed by atoms with Gasteiger partial charge in [-0.25, -0.2) is 0 Å². The Morgan fingerprint density at radius 1 is 1.11 bits per heavy atom. The number of nitrogens with zero attached hydrogens (tertiary/aromatic N) is 1. The molecule has 1 atom stereocenters. The third kappa shape index (κ3) is 2.65. The predicted octanol–water partition coefficient (Wildman–Crippen LogP) is 5.34. The predicted molar refractivity (Wildman–Crippen MR) is 109 cm³/mol. The molecule has 0 saturated heterocycles. The van der Waals surface area contributed by atoms with E-state index in [2.05, 4.69) is 59.0 Å². The van der Waals surface area contributed by atoms with Gasteiger partial charge in [-0.1, -0.05) is 50.2 Å². The summed E-state index contributed by atoms with van der Waals surface area (Å²) in [5.74, 6) is 1.03. The first-order valence-electron chi connectivity index (χ1n) is 9.24. The molecule has 1 unspecified atom stereocenters. The van der Waals surface area contributed by atoms with Crippen molar-refractivity contribution in [1.82, 2.24) is 10.2 Å². The zero-order valence-electron chi connectivity index (χ0n) is 15.4. The number of carbonyl (C=O) groups is 1. The minimum atomic E-state index is -0.0613. The van der Waals surface area contributed by atoms with Crippen LogP contribution in [0.5, 0.6) is 0 Å². The Bertz CT molecular complexity index is 1040. The summed E-state index contributed by atoms with van der Waals surface area (Å²) in [6.45, 7) is 4.32. The summed E-state index contributed by atoms with van der Waals surface area (Å²) in [6, 6.07) is 14.4. The summed E-state index contributed by atoms with van der Waals surface area (Å²) < 4.78 is 0. The van der Waals surface area contributed by atoms with Gasteiger partial charge in [-0.05, 0) is 28.8 Å². The quantitative estimate of drug-likeness (QED) is 0.636. The van der Waals surface area contributed by atoms with E-state index in [9.17, 15) is 4.79 Å². The van der Waals surface area contributed by atoms with Gasteiger partial charge in [-0.15, -0.1) is 11.3 Å². The van der Waals surface area contributed by atoms with Gasteiger partial charge in [0.15, 0.2) is 11.6 Å². The first-order valence-corrected chi connectivity index (χ1v) is 10.1. The minimum absolute atomic E-state index is 0.0288. The van der Waals surface area contributed by atoms with E-state index < -0.39 is 0 Å². The number of nitrogens with one attached hydrogen (secondary N) is 2. The molecule has 5 heteroatoms. The molecule has 1 aromatic carbocycles. The Morgan fingerprint density at radius 3 is 2.67 bits per heavy atom. The van der Waals surface area contributed by atoms with Gasteiger partial charge in [0.1, 0.15) is 0 Å². The molecule has 0 spiro atoms. The molecule has 0 saturated carbocycles. The van der Waals surface area contributed by atoms with Crippen LogP contribution in [0.15, 0.2) is 59.1 Å². The lowest BCUT2D eigenvalue weighted by Gasteiger charge is -2.37. The number of rotatable bonds is 2. The normalized spacial score (nSPS) is 20.8. The smallest absolute Gasteiger partial charge is 0.162 e. The van der Waals surface area contributed by atoms with Crippen molar-refractivity contribution < 1.29 is 4.79 Å². The number of fused-ring (bicyclic) bond motifs is 1. The molecule has 0 fully saturated rings. The summed E-state index contributed by atoms with van der Waals surface area (Å²) in [6.07, 6.45) is 1.45. The van der Waals surface area contributed by atoms with Crippen LogP contribution in [0.3, 0.4) is 0 Å². The van der Waals surface area contributed by atoms with E-state index in [0.29, 0.717) is 6.42 Å². The first kappa shape index (κ1) is 16.5. The van der Waals surface area contributed by atoms with Crippen molar-refractivity contribution in [2.45, 2.75) is 32.6 Å². The molecule has 1 aliphatic heterocycles. The Morgan fingerprint density at radius 2 is 1.93 bits per heavy atom. The molecule has 3 heterocycles. The third-order valence-corrected chi connectivity index (χ3v) is 6.40. The molecule has 4 nitrogen and oxygen atoms in total. The van der Waals surface area contributed by atoms with Crippen LogP contribution in [-0.2, 0) is 4.79 Å². The van der Waals surface area contributed by atoms with Crippen LogP contribution < -0.4 is 5.32 Å². The van der Waals surface area contributed by atoms with E-state index in [4.69, 9.17) is 0 Å². The largest absolute Gasteiger partial charge is 0.342 e. The molecule has 3 aromatic rings. The molecule has 136 valence electrons. The number of aromatic amines is 1. The summed E-state index contributed by atoms with van der Waals surface area (Å²) in [5.41, 5.74) is 5.08. The highest BCUT2D eigenvalue weighted by molar-refractivity contribution is 7.10. The van der Waals surface area contributed by atoms with E-state index in [1.54, 1.807) is 11.3 Å². The second-order valence-electron chi connectivity index (χ2n) is 8.13. The average molecular weight is 375 g/mol. The van der Waals surface area contributed by atoms with Crippen LogP contribution in [0, 0.1) is 5.41 Å². The number of thiophene rings is 1. The van der Waals surface area contributed by atoms with Crippen molar-refractivity contribution >= 4 is 22.9 Å². The second kappa shape index (κ2) is 5.92. The van der Waals surface area contributed by atoms with Crippen LogP contribution in [0.4, 0.5) is 5.82 Å². The zero-order chi connectivity index (χ0) is 18.6. The SMILES string of the molecule is CC1(C)CC(=O)C2=C(C1)Nc1n[nH]c(-c3ccccc3)c1C2c1cccs1. The van der Waals surface area contributed by atoms with Crippen LogP contribution in [0.25, 0.3) is 11.3 Å². The van der Waals surface area contributed by atoms with Crippen LogP contribution in [0.1, 0.15) is 43.0 Å². The van der Waals surface area contributed by atoms with Crippen molar-refractivity contribution in [2.75, 3.05) is 5.32 Å². The molecule has 5 rings (SSSR count). The van der Waals surface area contributed by atoms with Gasteiger partial charge in [0, 0.05) is 28.1 Å². The number of hydrogen-bond donors (Lipinski definition) is 2. The van der Waals surface area contributed by atoms with Crippen molar-refractivity contribution in [1.29, 1.82) is 0 Å². The summed E-state index contributed by atoms with van der Waals surface area (Å²) in [4.78, 5) is 14.4. The summed E-state index contributed by atoms with van der Waals surface area (Å²) >= 11 is 1.70. The number of H-pyrrole nitrogens is 1. The molecule has 1 aliphatic carbocycles. The van der Waals surface area contributed by atoms with Gasteiger partial charge in [-0.2, -0.15) is 5.10 Å². The maximum absolute atomic E-state index is 13.2. The maximum atomic E-state index is 13.2. The van der Waals surface area contributed by atoms with Crippen LogP contribution in [-0.4, -0.2) is 16.0 Å². The second-order valence-corrected chi connectivity index (χ2v) is 9.11. The number of ketones is 1. The number of aromatic nitrogens is 2. The summed E-state index contributed by atoms with van der Waals surface area (Å²) in [5, 5.41) is 13.4. The van der Waals surface area contributed by atoms with Crippen LogP contribution in [0.2, 0.25) is 0 Å². The molecular weight excluding hydrogens is 354 g/mol. The molecule has 0 radical (unpaired) electrons. The number of anilines is 1. The van der Waals surface area contributed by atoms with Crippen molar-refractivity contribution in [2.24, 2.45) is 5.41 Å². The van der Waals surface area contributed by atoms with E-state index in [1.807, 2.05) is 18.2 Å². The third-order valence-electron chi connectivity index (χ3n) is 5.46. The van der Waals surface area contributed by atoms with Crippen molar-refractivity contribution in [3.63, 3.8) is 0 Å².